The number of epoxide rings is 2. The summed E-state index contributed by atoms with van der Waals surface area (Å²) in [6.45, 7) is 1.40. The Morgan fingerprint density at radius 2 is 1.75 bits per heavy atom. The SMILES string of the molecule is COCCOCOC1[C@H]2O[C@H]2C=C[C@H]2O[C@@H]12. The molecule has 0 radical (unpaired) electrons. The monoisotopic (exact) mass is 228 g/mol. The highest BCUT2D eigenvalue weighted by Crippen LogP contribution is 2.41. The molecular formula is C11H16O5. The van der Waals surface area contributed by atoms with Crippen molar-refractivity contribution in [2.24, 2.45) is 0 Å². The van der Waals surface area contributed by atoms with Gasteiger partial charge >= 0.3 is 0 Å². The van der Waals surface area contributed by atoms with E-state index in [0.717, 1.165) is 0 Å². The minimum atomic E-state index is 0.00699. The van der Waals surface area contributed by atoms with E-state index in [-0.39, 0.29) is 37.3 Å². The molecule has 0 bridgehead atoms. The van der Waals surface area contributed by atoms with Crippen molar-refractivity contribution >= 4 is 0 Å². The van der Waals surface area contributed by atoms with Crippen LogP contribution in [0.1, 0.15) is 0 Å². The highest BCUT2D eigenvalue weighted by molar-refractivity contribution is 5.20. The third-order valence-electron chi connectivity index (χ3n) is 3.04. The molecule has 2 aliphatic heterocycles. The molecule has 2 saturated heterocycles. The summed E-state index contributed by atoms with van der Waals surface area (Å²) in [5, 5.41) is 0. The molecule has 0 aromatic carbocycles. The highest BCUT2D eigenvalue weighted by atomic mass is 16.7. The van der Waals surface area contributed by atoms with Crippen molar-refractivity contribution in [1.82, 2.24) is 0 Å². The normalized spacial score (nSPS) is 43.4. The van der Waals surface area contributed by atoms with Gasteiger partial charge in [-0.05, 0) is 0 Å². The van der Waals surface area contributed by atoms with Crippen LogP contribution in [0.15, 0.2) is 12.2 Å². The van der Waals surface area contributed by atoms with E-state index in [1.807, 2.05) is 0 Å². The minimum Gasteiger partial charge on any atom is -0.382 e. The lowest BCUT2D eigenvalue weighted by Gasteiger charge is -2.13. The van der Waals surface area contributed by atoms with Gasteiger partial charge in [0.05, 0.1) is 13.2 Å². The second-order valence-corrected chi connectivity index (χ2v) is 4.17. The van der Waals surface area contributed by atoms with E-state index < -0.39 is 0 Å². The maximum Gasteiger partial charge on any atom is 0.147 e. The van der Waals surface area contributed by atoms with Crippen LogP contribution in [0.25, 0.3) is 0 Å². The van der Waals surface area contributed by atoms with Gasteiger partial charge < -0.3 is 23.7 Å². The average molecular weight is 228 g/mol. The Labute approximate surface area is 94.2 Å². The van der Waals surface area contributed by atoms with Gasteiger partial charge in [0, 0.05) is 7.11 Å². The molecule has 5 atom stereocenters. The fraction of sp³-hybridized carbons (Fsp3) is 0.818. The Morgan fingerprint density at radius 3 is 2.38 bits per heavy atom. The van der Waals surface area contributed by atoms with Crippen LogP contribution in [0.5, 0.6) is 0 Å². The fourth-order valence-electron chi connectivity index (χ4n) is 2.03. The summed E-state index contributed by atoms with van der Waals surface area (Å²) in [6, 6.07) is 0. The summed E-state index contributed by atoms with van der Waals surface area (Å²) in [4.78, 5) is 0. The van der Waals surface area contributed by atoms with Crippen LogP contribution in [-0.4, -0.2) is 57.6 Å². The predicted molar refractivity (Wildman–Crippen MR) is 54.0 cm³/mol. The Kier molecular flexibility index (Phi) is 2.95. The lowest BCUT2D eigenvalue weighted by Crippen LogP contribution is -2.29. The van der Waals surface area contributed by atoms with Crippen molar-refractivity contribution in [3.63, 3.8) is 0 Å². The van der Waals surface area contributed by atoms with E-state index in [2.05, 4.69) is 12.2 Å². The Balaban J connectivity index is 1.42. The molecule has 1 aliphatic carbocycles. The van der Waals surface area contributed by atoms with E-state index in [4.69, 9.17) is 23.7 Å². The Bertz CT molecular complexity index is 260. The summed E-state index contributed by atoms with van der Waals surface area (Å²) < 4.78 is 26.7. The maximum atomic E-state index is 5.65. The molecule has 0 saturated carbocycles. The van der Waals surface area contributed by atoms with E-state index in [0.29, 0.717) is 13.2 Å². The number of fused-ring (bicyclic) bond motifs is 2. The number of rotatable bonds is 6. The molecule has 0 N–H and O–H groups in total. The third-order valence-corrected chi connectivity index (χ3v) is 3.04. The van der Waals surface area contributed by atoms with Gasteiger partial charge in [0.25, 0.3) is 0 Å². The zero-order valence-electron chi connectivity index (χ0n) is 9.20. The summed E-state index contributed by atoms with van der Waals surface area (Å²) >= 11 is 0. The van der Waals surface area contributed by atoms with Gasteiger partial charge in [0.15, 0.2) is 0 Å². The molecule has 2 fully saturated rings. The molecular weight excluding hydrogens is 212 g/mol. The van der Waals surface area contributed by atoms with Gasteiger partial charge in [0.2, 0.25) is 0 Å². The molecule has 0 aromatic rings. The second kappa shape index (κ2) is 4.43. The first-order valence-electron chi connectivity index (χ1n) is 5.57. The molecule has 90 valence electrons. The lowest BCUT2D eigenvalue weighted by molar-refractivity contribution is -0.109. The maximum absolute atomic E-state index is 5.65. The summed E-state index contributed by atoms with van der Waals surface area (Å²) in [5.74, 6) is 0. The zero-order valence-corrected chi connectivity index (χ0v) is 9.20. The first-order chi connectivity index (χ1) is 7.90. The fourth-order valence-corrected chi connectivity index (χ4v) is 2.03. The van der Waals surface area contributed by atoms with E-state index in [1.165, 1.54) is 0 Å². The first-order valence-corrected chi connectivity index (χ1v) is 5.57. The van der Waals surface area contributed by atoms with Crippen molar-refractivity contribution in [1.29, 1.82) is 0 Å². The smallest absolute Gasteiger partial charge is 0.147 e. The van der Waals surface area contributed by atoms with Gasteiger partial charge in [0.1, 0.15) is 37.3 Å². The van der Waals surface area contributed by atoms with Gasteiger partial charge in [-0.15, -0.1) is 0 Å². The largest absolute Gasteiger partial charge is 0.382 e. The molecule has 0 amide bonds. The van der Waals surface area contributed by atoms with Crippen LogP contribution < -0.4 is 0 Å². The molecule has 2 heterocycles. The van der Waals surface area contributed by atoms with Crippen LogP contribution in [0.2, 0.25) is 0 Å². The van der Waals surface area contributed by atoms with Crippen molar-refractivity contribution in [3.8, 4) is 0 Å². The van der Waals surface area contributed by atoms with Crippen LogP contribution >= 0.6 is 0 Å². The molecule has 0 aromatic heterocycles. The Hall–Kier alpha value is -0.460. The lowest BCUT2D eigenvalue weighted by atomic mass is 10.1. The first kappa shape index (κ1) is 10.7. The van der Waals surface area contributed by atoms with Gasteiger partial charge in [-0.2, -0.15) is 0 Å². The van der Waals surface area contributed by atoms with Crippen molar-refractivity contribution in [2.75, 3.05) is 27.1 Å². The quantitative estimate of drug-likeness (QED) is 0.279. The standard InChI is InChI=1S/C11H16O5/c1-12-4-5-13-6-14-11-9-7(15-9)2-3-8-10(11)16-8/h2-3,7-11H,4-6H2,1H3/t7-,8+,9-,10+,11?. The van der Waals surface area contributed by atoms with Crippen molar-refractivity contribution in [2.45, 2.75) is 30.5 Å². The topological polar surface area (TPSA) is 52.8 Å². The van der Waals surface area contributed by atoms with E-state index >= 15 is 0 Å². The minimum absolute atomic E-state index is 0.00699. The number of methoxy groups -OCH3 is 1. The third kappa shape index (κ3) is 2.14. The average Bonchev–Trinajstić information content (AvgIpc) is 3.12. The molecule has 5 nitrogen and oxygen atoms in total. The molecule has 16 heavy (non-hydrogen) atoms. The number of hydrogen-bond acceptors (Lipinski definition) is 5. The summed E-state index contributed by atoms with van der Waals surface area (Å²) in [5.41, 5.74) is 0. The van der Waals surface area contributed by atoms with E-state index in [9.17, 15) is 0 Å². The number of ether oxygens (including phenoxy) is 5. The second-order valence-electron chi connectivity index (χ2n) is 4.17. The Morgan fingerprint density at radius 1 is 1.06 bits per heavy atom. The van der Waals surface area contributed by atoms with Gasteiger partial charge in [-0.3, -0.25) is 0 Å². The van der Waals surface area contributed by atoms with Crippen molar-refractivity contribution in [3.05, 3.63) is 12.2 Å². The van der Waals surface area contributed by atoms with Gasteiger partial charge in [-0.25, -0.2) is 0 Å². The molecule has 0 spiro atoms. The molecule has 1 unspecified atom stereocenters. The van der Waals surface area contributed by atoms with Crippen LogP contribution in [0.4, 0.5) is 0 Å². The molecule has 3 aliphatic rings. The summed E-state index contributed by atoms with van der Waals surface area (Å²) in [6.07, 6.45) is 4.88. The zero-order chi connectivity index (χ0) is 11.0. The van der Waals surface area contributed by atoms with Crippen molar-refractivity contribution < 1.29 is 23.7 Å². The summed E-state index contributed by atoms with van der Waals surface area (Å²) in [7, 11) is 1.65. The molecule has 3 rings (SSSR count). The molecule has 5 heteroatoms. The van der Waals surface area contributed by atoms with E-state index in [1.54, 1.807) is 7.11 Å². The van der Waals surface area contributed by atoms with Crippen LogP contribution in [0.3, 0.4) is 0 Å². The highest BCUT2D eigenvalue weighted by Gasteiger charge is 2.57. The predicted octanol–water partition coefficient (Wildman–Crippen LogP) is 0.0967. The van der Waals surface area contributed by atoms with Gasteiger partial charge in [-0.1, -0.05) is 12.2 Å². The van der Waals surface area contributed by atoms with Crippen LogP contribution in [-0.2, 0) is 23.7 Å². The number of hydrogen-bond donors (Lipinski definition) is 0. The van der Waals surface area contributed by atoms with Crippen LogP contribution in [0, 0.1) is 0 Å².